The predicted octanol–water partition coefficient (Wildman–Crippen LogP) is 3.35. The van der Waals surface area contributed by atoms with Gasteiger partial charge in [-0.05, 0) is 24.1 Å². The lowest BCUT2D eigenvalue weighted by Gasteiger charge is -2.07. The Balaban J connectivity index is 2.56. The van der Waals surface area contributed by atoms with Crippen LogP contribution in [0.1, 0.15) is 35.8 Å². The van der Waals surface area contributed by atoms with Gasteiger partial charge in [0.05, 0.1) is 16.4 Å². The highest BCUT2D eigenvalue weighted by Crippen LogP contribution is 2.23. The third kappa shape index (κ3) is 2.24. The summed E-state index contributed by atoms with van der Waals surface area (Å²) in [5, 5.41) is 13.8. The van der Waals surface area contributed by atoms with Crippen LogP contribution in [0.25, 0.3) is 5.69 Å². The van der Waals surface area contributed by atoms with Gasteiger partial charge in [0.1, 0.15) is 5.56 Å². The second kappa shape index (κ2) is 4.82. The Hall–Kier alpha value is -1.81. The zero-order valence-corrected chi connectivity index (χ0v) is 10.8. The van der Waals surface area contributed by atoms with Gasteiger partial charge < -0.3 is 5.11 Å². The molecule has 2 aromatic rings. The van der Waals surface area contributed by atoms with Crippen molar-refractivity contribution in [3.63, 3.8) is 0 Å². The van der Waals surface area contributed by atoms with E-state index in [1.54, 1.807) is 29.1 Å². The summed E-state index contributed by atoms with van der Waals surface area (Å²) in [6, 6.07) is 6.83. The average Bonchev–Trinajstić information content (AvgIpc) is 2.77. The molecule has 0 bridgehead atoms. The highest BCUT2D eigenvalue weighted by atomic mass is 35.5. The van der Waals surface area contributed by atoms with E-state index in [9.17, 15) is 9.90 Å². The van der Waals surface area contributed by atoms with Crippen LogP contribution in [0.15, 0.2) is 30.5 Å². The Bertz CT molecular complexity index is 590. The maximum atomic E-state index is 11.2. The number of halogens is 1. The van der Waals surface area contributed by atoms with Crippen molar-refractivity contribution in [3.05, 3.63) is 46.7 Å². The number of rotatable bonds is 3. The fourth-order valence-corrected chi connectivity index (χ4v) is 1.95. The maximum Gasteiger partial charge on any atom is 0.339 e. The Morgan fingerprint density at radius 3 is 2.67 bits per heavy atom. The molecule has 0 amide bonds. The predicted molar refractivity (Wildman–Crippen MR) is 69.6 cm³/mol. The lowest BCUT2D eigenvalue weighted by molar-refractivity contribution is 0.0697. The number of carbonyl (C=O) groups is 1. The minimum atomic E-state index is -1.06. The maximum absolute atomic E-state index is 11.2. The smallest absolute Gasteiger partial charge is 0.339 e. The molecule has 0 radical (unpaired) electrons. The second-order valence-electron chi connectivity index (χ2n) is 4.28. The standard InChI is InChI=1S/C13H13ClN2O2/c1-8(2)10-6-7-16(15-10)11-5-3-4-9(14)12(11)13(17)18/h3-8H,1-2H3,(H,17,18). The molecule has 0 unspecified atom stereocenters. The van der Waals surface area contributed by atoms with Crippen molar-refractivity contribution in [2.24, 2.45) is 0 Å². The molecule has 1 aromatic heterocycles. The summed E-state index contributed by atoms with van der Waals surface area (Å²) < 4.78 is 1.55. The monoisotopic (exact) mass is 264 g/mol. The van der Waals surface area contributed by atoms with E-state index in [1.807, 2.05) is 19.9 Å². The van der Waals surface area contributed by atoms with Crippen LogP contribution in [-0.4, -0.2) is 20.9 Å². The Labute approximate surface area is 110 Å². The molecule has 0 saturated carbocycles. The van der Waals surface area contributed by atoms with Crippen molar-refractivity contribution < 1.29 is 9.90 Å². The fourth-order valence-electron chi connectivity index (χ4n) is 1.70. The van der Waals surface area contributed by atoms with E-state index in [1.165, 1.54) is 0 Å². The summed E-state index contributed by atoms with van der Waals surface area (Å²) in [5.41, 5.74) is 1.45. The first kappa shape index (κ1) is 12.6. The molecule has 1 heterocycles. The highest BCUT2D eigenvalue weighted by molar-refractivity contribution is 6.34. The van der Waals surface area contributed by atoms with Crippen LogP contribution in [0.5, 0.6) is 0 Å². The van der Waals surface area contributed by atoms with Crippen LogP contribution in [0, 0.1) is 0 Å². The number of nitrogens with zero attached hydrogens (tertiary/aromatic N) is 2. The van der Waals surface area contributed by atoms with Crippen molar-refractivity contribution in [1.29, 1.82) is 0 Å². The molecular formula is C13H13ClN2O2. The largest absolute Gasteiger partial charge is 0.478 e. The summed E-state index contributed by atoms with van der Waals surface area (Å²) in [6.07, 6.45) is 1.74. The molecule has 0 aliphatic rings. The number of hydrogen-bond acceptors (Lipinski definition) is 2. The summed E-state index contributed by atoms with van der Waals surface area (Å²) >= 11 is 5.92. The van der Waals surface area contributed by atoms with Crippen molar-refractivity contribution in [3.8, 4) is 5.69 Å². The SMILES string of the molecule is CC(C)c1ccn(-c2cccc(Cl)c2C(=O)O)n1. The summed E-state index contributed by atoms with van der Waals surface area (Å²) in [7, 11) is 0. The van der Waals surface area contributed by atoms with Crippen molar-refractivity contribution >= 4 is 17.6 Å². The first-order valence-corrected chi connectivity index (χ1v) is 5.96. The van der Waals surface area contributed by atoms with E-state index >= 15 is 0 Å². The molecule has 18 heavy (non-hydrogen) atoms. The zero-order valence-electron chi connectivity index (χ0n) is 10.1. The van der Waals surface area contributed by atoms with Crippen LogP contribution in [0.3, 0.4) is 0 Å². The molecule has 0 spiro atoms. The minimum Gasteiger partial charge on any atom is -0.478 e. The van der Waals surface area contributed by atoms with Crippen LogP contribution in [0.4, 0.5) is 0 Å². The van der Waals surface area contributed by atoms with Gasteiger partial charge in [-0.2, -0.15) is 5.10 Å². The summed E-state index contributed by atoms with van der Waals surface area (Å²) in [6.45, 7) is 4.06. The van der Waals surface area contributed by atoms with Gasteiger partial charge in [-0.3, -0.25) is 0 Å². The molecule has 0 atom stereocenters. The second-order valence-corrected chi connectivity index (χ2v) is 4.69. The Morgan fingerprint density at radius 1 is 1.39 bits per heavy atom. The van der Waals surface area contributed by atoms with Gasteiger partial charge in [-0.25, -0.2) is 9.48 Å². The minimum absolute atomic E-state index is 0.0672. The van der Waals surface area contributed by atoms with E-state index in [0.717, 1.165) is 5.69 Å². The molecule has 1 aromatic carbocycles. The molecular weight excluding hydrogens is 252 g/mol. The van der Waals surface area contributed by atoms with Gasteiger partial charge in [-0.1, -0.05) is 31.5 Å². The lowest BCUT2D eigenvalue weighted by Crippen LogP contribution is -2.07. The number of carboxylic acid groups (broad SMARTS) is 1. The molecule has 5 heteroatoms. The quantitative estimate of drug-likeness (QED) is 0.925. The molecule has 0 saturated heterocycles. The van der Waals surface area contributed by atoms with Crippen molar-refractivity contribution in [2.45, 2.75) is 19.8 Å². The Kier molecular flexibility index (Phi) is 3.39. The van der Waals surface area contributed by atoms with E-state index in [-0.39, 0.29) is 10.6 Å². The number of benzene rings is 1. The van der Waals surface area contributed by atoms with E-state index in [4.69, 9.17) is 11.6 Å². The third-order valence-electron chi connectivity index (χ3n) is 2.65. The average molecular weight is 265 g/mol. The molecule has 1 N–H and O–H groups in total. The number of carboxylic acids is 1. The van der Waals surface area contributed by atoms with Crippen molar-refractivity contribution in [2.75, 3.05) is 0 Å². The molecule has 94 valence electrons. The van der Waals surface area contributed by atoms with Crippen LogP contribution in [0.2, 0.25) is 5.02 Å². The van der Waals surface area contributed by atoms with Gasteiger partial charge >= 0.3 is 5.97 Å². The van der Waals surface area contributed by atoms with Gasteiger partial charge in [0.25, 0.3) is 0 Å². The summed E-state index contributed by atoms with van der Waals surface area (Å²) in [5.74, 6) is -0.768. The molecule has 0 aliphatic heterocycles. The molecule has 0 aliphatic carbocycles. The first-order valence-electron chi connectivity index (χ1n) is 5.58. The van der Waals surface area contributed by atoms with Crippen LogP contribution in [-0.2, 0) is 0 Å². The zero-order chi connectivity index (χ0) is 13.3. The fraction of sp³-hybridized carbons (Fsp3) is 0.231. The van der Waals surface area contributed by atoms with Crippen LogP contribution < -0.4 is 0 Å². The number of aromatic carboxylic acids is 1. The lowest BCUT2D eigenvalue weighted by atomic mass is 10.1. The van der Waals surface area contributed by atoms with E-state index < -0.39 is 5.97 Å². The molecule has 4 nitrogen and oxygen atoms in total. The van der Waals surface area contributed by atoms with E-state index in [2.05, 4.69) is 5.10 Å². The van der Waals surface area contributed by atoms with Crippen LogP contribution >= 0.6 is 11.6 Å². The number of hydrogen-bond donors (Lipinski definition) is 1. The normalized spacial score (nSPS) is 10.9. The van der Waals surface area contributed by atoms with Gasteiger partial charge in [-0.15, -0.1) is 0 Å². The number of aromatic nitrogens is 2. The molecule has 2 rings (SSSR count). The van der Waals surface area contributed by atoms with Gasteiger partial charge in [0.2, 0.25) is 0 Å². The third-order valence-corrected chi connectivity index (χ3v) is 2.97. The summed E-state index contributed by atoms with van der Waals surface area (Å²) in [4.78, 5) is 11.2. The Morgan fingerprint density at radius 2 is 2.11 bits per heavy atom. The molecule has 0 fully saturated rings. The van der Waals surface area contributed by atoms with Crippen molar-refractivity contribution in [1.82, 2.24) is 9.78 Å². The first-order chi connectivity index (χ1) is 8.50. The van der Waals surface area contributed by atoms with Gasteiger partial charge in [0.15, 0.2) is 0 Å². The van der Waals surface area contributed by atoms with Gasteiger partial charge in [0, 0.05) is 6.20 Å². The highest BCUT2D eigenvalue weighted by Gasteiger charge is 2.16. The topological polar surface area (TPSA) is 55.1 Å². The van der Waals surface area contributed by atoms with E-state index in [0.29, 0.717) is 11.6 Å².